The van der Waals surface area contributed by atoms with Gasteiger partial charge in [-0.1, -0.05) is 6.07 Å². The molecule has 58 valence electrons. The Labute approximate surface area is 66.3 Å². The summed E-state index contributed by atoms with van der Waals surface area (Å²) in [7, 11) is 0. The molecule has 0 bridgehead atoms. The first-order valence-electron chi connectivity index (χ1n) is 3.67. The first kappa shape index (κ1) is 7.92. The number of ketones is 1. The van der Waals surface area contributed by atoms with Gasteiger partial charge in [0.1, 0.15) is 5.78 Å². The monoisotopic (exact) mass is 149 g/mol. The molecule has 0 radical (unpaired) electrons. The minimum Gasteiger partial charge on any atom is -0.300 e. The van der Waals surface area contributed by atoms with E-state index in [9.17, 15) is 4.79 Å². The number of carbonyl (C=O) groups excluding carboxylic acids is 1. The van der Waals surface area contributed by atoms with Crippen molar-refractivity contribution in [3.8, 4) is 0 Å². The van der Waals surface area contributed by atoms with Gasteiger partial charge in [-0.15, -0.1) is 0 Å². The summed E-state index contributed by atoms with van der Waals surface area (Å²) >= 11 is 0. The van der Waals surface area contributed by atoms with Gasteiger partial charge in [-0.3, -0.25) is 4.98 Å². The number of pyridine rings is 1. The highest BCUT2D eigenvalue weighted by molar-refractivity contribution is 5.75. The van der Waals surface area contributed by atoms with Gasteiger partial charge in [-0.05, 0) is 25.0 Å². The molecule has 0 unspecified atom stereocenters. The topological polar surface area (TPSA) is 30.0 Å². The first-order chi connectivity index (χ1) is 5.29. The van der Waals surface area contributed by atoms with Gasteiger partial charge in [0.15, 0.2) is 0 Å². The average molecular weight is 149 g/mol. The second-order valence-corrected chi connectivity index (χ2v) is 2.56. The molecule has 0 aliphatic rings. The van der Waals surface area contributed by atoms with Gasteiger partial charge < -0.3 is 4.79 Å². The highest BCUT2D eigenvalue weighted by Crippen LogP contribution is 1.99. The maximum atomic E-state index is 10.6. The lowest BCUT2D eigenvalue weighted by Crippen LogP contribution is -1.93. The lowest BCUT2D eigenvalue weighted by atomic mass is 10.1. The van der Waals surface area contributed by atoms with Crippen LogP contribution in [0.5, 0.6) is 0 Å². The SMILES string of the molecule is CC(=O)CCc1cccnc1. The minimum atomic E-state index is 0.230. The fraction of sp³-hybridized carbons (Fsp3) is 0.333. The van der Waals surface area contributed by atoms with E-state index in [0.717, 1.165) is 12.0 Å². The summed E-state index contributed by atoms with van der Waals surface area (Å²) in [5, 5.41) is 0. The molecule has 1 heterocycles. The van der Waals surface area contributed by atoms with E-state index < -0.39 is 0 Å². The molecule has 0 N–H and O–H groups in total. The Balaban J connectivity index is 2.45. The molecule has 2 heteroatoms. The number of Topliss-reactive ketones (excluding diaryl/α,β-unsaturated/α-hetero) is 1. The minimum absolute atomic E-state index is 0.230. The van der Waals surface area contributed by atoms with Crippen molar-refractivity contribution in [3.63, 3.8) is 0 Å². The number of nitrogens with zero attached hydrogens (tertiary/aromatic N) is 1. The van der Waals surface area contributed by atoms with Gasteiger partial charge in [-0.2, -0.15) is 0 Å². The van der Waals surface area contributed by atoms with Crippen LogP contribution in [0.1, 0.15) is 18.9 Å². The molecule has 0 aliphatic heterocycles. The van der Waals surface area contributed by atoms with Crippen LogP contribution in [0.4, 0.5) is 0 Å². The summed E-state index contributed by atoms with van der Waals surface area (Å²) < 4.78 is 0. The maximum Gasteiger partial charge on any atom is 0.130 e. The highest BCUT2D eigenvalue weighted by Gasteiger charge is 1.94. The Kier molecular flexibility index (Phi) is 2.78. The van der Waals surface area contributed by atoms with Crippen molar-refractivity contribution in [1.82, 2.24) is 4.98 Å². The smallest absolute Gasteiger partial charge is 0.130 e. The van der Waals surface area contributed by atoms with Gasteiger partial charge in [0, 0.05) is 18.8 Å². The summed E-state index contributed by atoms with van der Waals surface area (Å²) in [5.74, 6) is 0.230. The maximum absolute atomic E-state index is 10.6. The van der Waals surface area contributed by atoms with Gasteiger partial charge in [0.2, 0.25) is 0 Å². The van der Waals surface area contributed by atoms with Crippen LogP contribution >= 0.6 is 0 Å². The van der Waals surface area contributed by atoms with E-state index in [2.05, 4.69) is 4.98 Å². The molecule has 0 spiro atoms. The number of rotatable bonds is 3. The summed E-state index contributed by atoms with van der Waals surface area (Å²) in [6.45, 7) is 1.61. The van der Waals surface area contributed by atoms with E-state index in [4.69, 9.17) is 0 Å². The molecule has 0 aromatic carbocycles. The van der Waals surface area contributed by atoms with Gasteiger partial charge >= 0.3 is 0 Å². The molecule has 1 aromatic rings. The largest absolute Gasteiger partial charge is 0.300 e. The fourth-order valence-corrected chi connectivity index (χ4v) is 0.866. The first-order valence-corrected chi connectivity index (χ1v) is 3.67. The number of aromatic nitrogens is 1. The molecule has 0 saturated heterocycles. The second kappa shape index (κ2) is 3.86. The predicted molar refractivity (Wildman–Crippen MR) is 43.2 cm³/mol. The molecule has 0 aliphatic carbocycles. The fourth-order valence-electron chi connectivity index (χ4n) is 0.866. The molecule has 0 amide bonds. The zero-order valence-corrected chi connectivity index (χ0v) is 6.58. The molecule has 0 atom stereocenters. The zero-order valence-electron chi connectivity index (χ0n) is 6.58. The van der Waals surface area contributed by atoms with Crippen molar-refractivity contribution in [3.05, 3.63) is 30.1 Å². The van der Waals surface area contributed by atoms with Crippen LogP contribution in [0, 0.1) is 0 Å². The van der Waals surface area contributed by atoms with E-state index in [1.54, 1.807) is 19.3 Å². The Bertz CT molecular complexity index is 231. The van der Waals surface area contributed by atoms with Crippen molar-refractivity contribution < 1.29 is 4.79 Å². The van der Waals surface area contributed by atoms with Crippen LogP contribution < -0.4 is 0 Å². The van der Waals surface area contributed by atoms with Crippen LogP contribution in [0.3, 0.4) is 0 Å². The highest BCUT2D eigenvalue weighted by atomic mass is 16.1. The van der Waals surface area contributed by atoms with E-state index >= 15 is 0 Å². The summed E-state index contributed by atoms with van der Waals surface area (Å²) in [6, 6.07) is 3.87. The zero-order chi connectivity index (χ0) is 8.10. The van der Waals surface area contributed by atoms with Crippen LogP contribution in [-0.4, -0.2) is 10.8 Å². The van der Waals surface area contributed by atoms with Crippen molar-refractivity contribution in [2.75, 3.05) is 0 Å². The normalized spacial score (nSPS) is 9.55. The van der Waals surface area contributed by atoms with Gasteiger partial charge in [0.05, 0.1) is 0 Å². The molecule has 2 nitrogen and oxygen atoms in total. The van der Waals surface area contributed by atoms with Gasteiger partial charge in [-0.25, -0.2) is 0 Å². The van der Waals surface area contributed by atoms with E-state index in [1.807, 2.05) is 12.1 Å². The third-order valence-corrected chi connectivity index (χ3v) is 1.49. The second-order valence-electron chi connectivity index (χ2n) is 2.56. The molecule has 11 heavy (non-hydrogen) atoms. The van der Waals surface area contributed by atoms with Crippen LogP contribution in [-0.2, 0) is 11.2 Å². The summed E-state index contributed by atoms with van der Waals surface area (Å²) in [6.07, 6.45) is 4.95. The van der Waals surface area contributed by atoms with Gasteiger partial charge in [0.25, 0.3) is 0 Å². The van der Waals surface area contributed by atoms with E-state index in [1.165, 1.54) is 0 Å². The molecular formula is C9H11NO. The summed E-state index contributed by atoms with van der Waals surface area (Å²) in [5.41, 5.74) is 1.13. The number of hydrogen-bond acceptors (Lipinski definition) is 2. The lowest BCUT2D eigenvalue weighted by Gasteiger charge is -1.95. The third-order valence-electron chi connectivity index (χ3n) is 1.49. The average Bonchev–Trinajstić information content (AvgIpc) is 2.03. The number of carbonyl (C=O) groups is 1. The van der Waals surface area contributed by atoms with Crippen molar-refractivity contribution in [1.29, 1.82) is 0 Å². The number of hydrogen-bond donors (Lipinski definition) is 0. The molecule has 0 saturated carbocycles. The standard InChI is InChI=1S/C9H11NO/c1-8(11)4-5-9-3-2-6-10-7-9/h2-3,6-7H,4-5H2,1H3. The van der Waals surface area contributed by atoms with Crippen molar-refractivity contribution in [2.24, 2.45) is 0 Å². The van der Waals surface area contributed by atoms with Crippen molar-refractivity contribution in [2.45, 2.75) is 19.8 Å². The number of aryl methyl sites for hydroxylation is 1. The molecule has 0 fully saturated rings. The van der Waals surface area contributed by atoms with E-state index in [0.29, 0.717) is 6.42 Å². The third kappa shape index (κ3) is 2.94. The lowest BCUT2D eigenvalue weighted by molar-refractivity contribution is -0.116. The van der Waals surface area contributed by atoms with Crippen LogP contribution in [0.2, 0.25) is 0 Å². The molecular weight excluding hydrogens is 138 g/mol. The molecule has 1 aromatic heterocycles. The Morgan fingerprint density at radius 3 is 3.00 bits per heavy atom. The van der Waals surface area contributed by atoms with E-state index in [-0.39, 0.29) is 5.78 Å². The molecule has 1 rings (SSSR count). The Morgan fingerprint density at radius 1 is 1.64 bits per heavy atom. The Hall–Kier alpha value is -1.18. The van der Waals surface area contributed by atoms with Crippen LogP contribution in [0.15, 0.2) is 24.5 Å². The predicted octanol–water partition coefficient (Wildman–Crippen LogP) is 1.60. The Morgan fingerprint density at radius 2 is 2.45 bits per heavy atom. The summed E-state index contributed by atoms with van der Waals surface area (Å²) in [4.78, 5) is 14.5. The quantitative estimate of drug-likeness (QED) is 0.653. The van der Waals surface area contributed by atoms with Crippen molar-refractivity contribution >= 4 is 5.78 Å². The van der Waals surface area contributed by atoms with Crippen LogP contribution in [0.25, 0.3) is 0 Å².